The van der Waals surface area contributed by atoms with Crippen molar-refractivity contribution in [2.75, 3.05) is 23.7 Å². The molecule has 0 aliphatic carbocycles. The van der Waals surface area contributed by atoms with Crippen LogP contribution >= 0.6 is 12.6 Å². The van der Waals surface area contributed by atoms with Crippen LogP contribution in [0.3, 0.4) is 0 Å². The van der Waals surface area contributed by atoms with E-state index >= 15 is 0 Å². The molecular weight excluding hydrogens is 214 g/mol. The van der Waals surface area contributed by atoms with Crippen LogP contribution in [0.25, 0.3) is 0 Å². The Kier molecular flexibility index (Phi) is 5.75. The molecule has 0 aliphatic rings. The largest absolute Gasteiger partial charge is 0.372 e. The summed E-state index contributed by atoms with van der Waals surface area (Å²) < 4.78 is 0. The first kappa shape index (κ1) is 13.4. The first-order chi connectivity index (χ1) is 7.71. The van der Waals surface area contributed by atoms with Crippen molar-refractivity contribution in [3.8, 4) is 0 Å². The van der Waals surface area contributed by atoms with Gasteiger partial charge in [0.05, 0.1) is 0 Å². The molecular formula is C14H23NS. The standard InChI is InChI=1S/C14H23NS/c1-4-13(11-16)10-15(5-2)14-8-6-12(3)7-9-14/h6-9,13,16H,4-5,10-11H2,1-3H3. The lowest BCUT2D eigenvalue weighted by molar-refractivity contribution is 0.558. The third kappa shape index (κ3) is 3.75. The molecule has 1 rings (SSSR count). The Balaban J connectivity index is 2.70. The van der Waals surface area contributed by atoms with E-state index in [0.29, 0.717) is 5.92 Å². The van der Waals surface area contributed by atoms with Gasteiger partial charge in [-0.05, 0) is 37.7 Å². The SMILES string of the molecule is CCC(CS)CN(CC)c1ccc(C)cc1. The van der Waals surface area contributed by atoms with Gasteiger partial charge in [0.25, 0.3) is 0 Å². The van der Waals surface area contributed by atoms with Crippen molar-refractivity contribution in [1.82, 2.24) is 0 Å². The molecule has 0 saturated heterocycles. The summed E-state index contributed by atoms with van der Waals surface area (Å²) in [6.45, 7) is 8.75. The monoisotopic (exact) mass is 237 g/mol. The van der Waals surface area contributed by atoms with Crippen LogP contribution in [-0.2, 0) is 0 Å². The molecule has 0 saturated carbocycles. The Labute approximate surface area is 105 Å². The van der Waals surface area contributed by atoms with Crippen molar-refractivity contribution < 1.29 is 0 Å². The fourth-order valence-electron chi connectivity index (χ4n) is 1.80. The van der Waals surface area contributed by atoms with Gasteiger partial charge in [0.15, 0.2) is 0 Å². The molecule has 0 bridgehead atoms. The fourth-order valence-corrected chi connectivity index (χ4v) is 2.17. The first-order valence-electron chi connectivity index (χ1n) is 6.13. The lowest BCUT2D eigenvalue weighted by atomic mass is 10.1. The average Bonchev–Trinajstić information content (AvgIpc) is 2.32. The van der Waals surface area contributed by atoms with Crippen LogP contribution in [0.5, 0.6) is 0 Å². The molecule has 0 amide bonds. The van der Waals surface area contributed by atoms with Gasteiger partial charge in [-0.3, -0.25) is 0 Å². The highest BCUT2D eigenvalue weighted by Gasteiger charge is 2.10. The van der Waals surface area contributed by atoms with Gasteiger partial charge in [-0.25, -0.2) is 0 Å². The molecule has 1 unspecified atom stereocenters. The van der Waals surface area contributed by atoms with E-state index in [-0.39, 0.29) is 0 Å². The summed E-state index contributed by atoms with van der Waals surface area (Å²) in [5, 5.41) is 0. The summed E-state index contributed by atoms with van der Waals surface area (Å²) >= 11 is 4.41. The van der Waals surface area contributed by atoms with Crippen molar-refractivity contribution in [2.45, 2.75) is 27.2 Å². The Morgan fingerprint density at radius 2 is 1.81 bits per heavy atom. The van der Waals surface area contributed by atoms with E-state index in [1.54, 1.807) is 0 Å². The van der Waals surface area contributed by atoms with Gasteiger partial charge in [-0.1, -0.05) is 31.0 Å². The highest BCUT2D eigenvalue weighted by atomic mass is 32.1. The number of rotatable bonds is 6. The predicted octanol–water partition coefficient (Wildman–Crippen LogP) is 3.78. The second-order valence-electron chi connectivity index (χ2n) is 4.33. The topological polar surface area (TPSA) is 3.24 Å². The minimum absolute atomic E-state index is 0.685. The molecule has 0 heterocycles. The van der Waals surface area contributed by atoms with Crippen LogP contribution in [0.4, 0.5) is 5.69 Å². The molecule has 1 aromatic carbocycles. The lowest BCUT2D eigenvalue weighted by Gasteiger charge is -2.27. The summed E-state index contributed by atoms with van der Waals surface area (Å²) in [4.78, 5) is 2.43. The second-order valence-corrected chi connectivity index (χ2v) is 4.70. The van der Waals surface area contributed by atoms with Gasteiger partial charge in [0, 0.05) is 18.8 Å². The van der Waals surface area contributed by atoms with Crippen LogP contribution in [0.2, 0.25) is 0 Å². The molecule has 0 radical (unpaired) electrons. The van der Waals surface area contributed by atoms with Crippen molar-refractivity contribution >= 4 is 18.3 Å². The van der Waals surface area contributed by atoms with E-state index in [4.69, 9.17) is 0 Å². The van der Waals surface area contributed by atoms with Crippen molar-refractivity contribution in [1.29, 1.82) is 0 Å². The summed E-state index contributed by atoms with van der Waals surface area (Å²) in [5.41, 5.74) is 2.65. The van der Waals surface area contributed by atoms with Crippen LogP contribution < -0.4 is 4.90 Å². The second kappa shape index (κ2) is 6.85. The van der Waals surface area contributed by atoms with E-state index in [0.717, 1.165) is 18.8 Å². The van der Waals surface area contributed by atoms with Crippen molar-refractivity contribution in [3.63, 3.8) is 0 Å². The average molecular weight is 237 g/mol. The van der Waals surface area contributed by atoms with E-state index in [1.807, 2.05) is 0 Å². The number of anilines is 1. The number of hydrogen-bond acceptors (Lipinski definition) is 2. The van der Waals surface area contributed by atoms with Gasteiger partial charge in [-0.15, -0.1) is 0 Å². The van der Waals surface area contributed by atoms with E-state index in [1.165, 1.54) is 17.7 Å². The van der Waals surface area contributed by atoms with Crippen molar-refractivity contribution in [2.24, 2.45) is 5.92 Å². The molecule has 0 fully saturated rings. The summed E-state index contributed by atoms with van der Waals surface area (Å²) in [6, 6.07) is 8.79. The zero-order valence-electron chi connectivity index (χ0n) is 10.6. The molecule has 90 valence electrons. The minimum Gasteiger partial charge on any atom is -0.372 e. The number of benzene rings is 1. The highest BCUT2D eigenvalue weighted by Crippen LogP contribution is 2.18. The maximum atomic E-state index is 4.41. The van der Waals surface area contributed by atoms with Crippen LogP contribution in [0.15, 0.2) is 24.3 Å². The molecule has 16 heavy (non-hydrogen) atoms. The predicted molar refractivity (Wildman–Crippen MR) is 76.7 cm³/mol. The first-order valence-corrected chi connectivity index (χ1v) is 6.77. The third-order valence-electron chi connectivity index (χ3n) is 3.09. The lowest BCUT2D eigenvalue weighted by Crippen LogP contribution is -2.29. The zero-order valence-corrected chi connectivity index (χ0v) is 11.5. The molecule has 2 heteroatoms. The molecule has 1 nitrogen and oxygen atoms in total. The molecule has 0 N–H and O–H groups in total. The molecule has 0 aliphatic heterocycles. The molecule has 0 aromatic heterocycles. The van der Waals surface area contributed by atoms with Crippen LogP contribution in [0.1, 0.15) is 25.8 Å². The quantitative estimate of drug-likeness (QED) is 0.737. The Morgan fingerprint density at radius 3 is 2.25 bits per heavy atom. The van der Waals surface area contributed by atoms with Crippen LogP contribution in [-0.4, -0.2) is 18.8 Å². The van der Waals surface area contributed by atoms with Gasteiger partial charge in [-0.2, -0.15) is 12.6 Å². The molecule has 1 atom stereocenters. The Bertz CT molecular complexity index is 290. The van der Waals surface area contributed by atoms with E-state index in [9.17, 15) is 0 Å². The normalized spacial score (nSPS) is 12.5. The minimum atomic E-state index is 0.685. The van der Waals surface area contributed by atoms with Gasteiger partial charge < -0.3 is 4.90 Å². The summed E-state index contributed by atoms with van der Waals surface area (Å²) in [5.74, 6) is 1.66. The summed E-state index contributed by atoms with van der Waals surface area (Å²) in [7, 11) is 0. The van der Waals surface area contributed by atoms with Crippen LogP contribution in [0, 0.1) is 12.8 Å². The van der Waals surface area contributed by atoms with Crippen molar-refractivity contribution in [3.05, 3.63) is 29.8 Å². The molecule has 0 spiro atoms. The van der Waals surface area contributed by atoms with E-state index < -0.39 is 0 Å². The molecule has 1 aromatic rings. The highest BCUT2D eigenvalue weighted by molar-refractivity contribution is 7.80. The Morgan fingerprint density at radius 1 is 1.19 bits per heavy atom. The number of hydrogen-bond donors (Lipinski definition) is 1. The van der Waals surface area contributed by atoms with E-state index in [2.05, 4.69) is 62.6 Å². The number of aryl methyl sites for hydroxylation is 1. The Hall–Kier alpha value is -0.630. The smallest absolute Gasteiger partial charge is 0.0366 e. The maximum Gasteiger partial charge on any atom is 0.0366 e. The number of nitrogens with zero attached hydrogens (tertiary/aromatic N) is 1. The zero-order chi connectivity index (χ0) is 12.0. The third-order valence-corrected chi connectivity index (χ3v) is 3.61. The van der Waals surface area contributed by atoms with Gasteiger partial charge in [0.1, 0.15) is 0 Å². The van der Waals surface area contributed by atoms with Gasteiger partial charge >= 0.3 is 0 Å². The maximum absolute atomic E-state index is 4.41. The fraction of sp³-hybridized carbons (Fsp3) is 0.571. The number of thiol groups is 1. The summed E-state index contributed by atoms with van der Waals surface area (Å²) in [6.07, 6.45) is 1.20. The van der Waals surface area contributed by atoms with Gasteiger partial charge in [0.2, 0.25) is 0 Å².